The van der Waals surface area contributed by atoms with Crippen LogP contribution in [0, 0.1) is 6.92 Å². The fourth-order valence-electron chi connectivity index (χ4n) is 2.82. The SMILES string of the molecule is CCN(Cc1ccncc1)C(=O)C1(C)Oc2ccc(C)cc2NC1=O. The number of fused-ring (bicyclic) bond motifs is 1. The predicted molar refractivity (Wildman–Crippen MR) is 94.2 cm³/mol. The lowest BCUT2D eigenvalue weighted by Crippen LogP contribution is -2.59. The van der Waals surface area contributed by atoms with Crippen LogP contribution in [0.5, 0.6) is 5.75 Å². The monoisotopic (exact) mass is 339 g/mol. The van der Waals surface area contributed by atoms with Crippen molar-refractivity contribution < 1.29 is 14.3 Å². The van der Waals surface area contributed by atoms with Crippen LogP contribution in [0.15, 0.2) is 42.7 Å². The van der Waals surface area contributed by atoms with Gasteiger partial charge in [-0.15, -0.1) is 0 Å². The lowest BCUT2D eigenvalue weighted by atomic mass is 10.00. The third kappa shape index (κ3) is 3.20. The number of aryl methyl sites for hydroxylation is 1. The van der Waals surface area contributed by atoms with E-state index in [4.69, 9.17) is 4.74 Å². The lowest BCUT2D eigenvalue weighted by molar-refractivity contribution is -0.154. The summed E-state index contributed by atoms with van der Waals surface area (Å²) in [5.41, 5.74) is 0.949. The average molecular weight is 339 g/mol. The molecule has 0 aliphatic carbocycles. The van der Waals surface area contributed by atoms with Gasteiger partial charge in [0.1, 0.15) is 5.75 Å². The van der Waals surface area contributed by atoms with Crippen molar-refractivity contribution in [2.75, 3.05) is 11.9 Å². The number of hydrogen-bond acceptors (Lipinski definition) is 4. The van der Waals surface area contributed by atoms with Crippen molar-refractivity contribution in [2.24, 2.45) is 0 Å². The maximum atomic E-state index is 13.1. The van der Waals surface area contributed by atoms with Gasteiger partial charge in [0.15, 0.2) is 0 Å². The van der Waals surface area contributed by atoms with Gasteiger partial charge in [-0.1, -0.05) is 6.07 Å². The van der Waals surface area contributed by atoms with Gasteiger partial charge in [-0.3, -0.25) is 14.6 Å². The van der Waals surface area contributed by atoms with Gasteiger partial charge in [0, 0.05) is 25.5 Å². The fourth-order valence-corrected chi connectivity index (χ4v) is 2.82. The molecule has 1 unspecified atom stereocenters. The number of aromatic nitrogens is 1. The molecule has 0 fully saturated rings. The summed E-state index contributed by atoms with van der Waals surface area (Å²) >= 11 is 0. The number of carbonyl (C=O) groups is 2. The molecule has 0 saturated heterocycles. The van der Waals surface area contributed by atoms with Crippen molar-refractivity contribution in [1.82, 2.24) is 9.88 Å². The predicted octanol–water partition coefficient (Wildman–Crippen LogP) is 2.53. The van der Waals surface area contributed by atoms with Crippen molar-refractivity contribution in [3.63, 3.8) is 0 Å². The number of amides is 2. The van der Waals surface area contributed by atoms with E-state index in [1.165, 1.54) is 6.92 Å². The minimum atomic E-state index is -1.59. The quantitative estimate of drug-likeness (QED) is 0.869. The number of ether oxygens (including phenoxy) is 1. The Hall–Kier alpha value is -2.89. The molecule has 2 aromatic rings. The third-order valence-corrected chi connectivity index (χ3v) is 4.33. The summed E-state index contributed by atoms with van der Waals surface area (Å²) in [7, 11) is 0. The molecule has 1 aromatic carbocycles. The highest BCUT2D eigenvalue weighted by Gasteiger charge is 2.49. The number of carbonyl (C=O) groups excluding carboxylic acids is 2. The second-order valence-corrected chi connectivity index (χ2v) is 6.26. The highest BCUT2D eigenvalue weighted by molar-refractivity contribution is 6.15. The number of nitrogens with one attached hydrogen (secondary N) is 1. The Morgan fingerprint density at radius 3 is 2.68 bits per heavy atom. The summed E-state index contributed by atoms with van der Waals surface area (Å²) in [6, 6.07) is 9.17. The van der Waals surface area contributed by atoms with Crippen LogP contribution < -0.4 is 10.1 Å². The molecule has 1 aliphatic heterocycles. The Morgan fingerprint density at radius 2 is 2.00 bits per heavy atom. The van der Waals surface area contributed by atoms with Crippen molar-refractivity contribution in [2.45, 2.75) is 32.9 Å². The van der Waals surface area contributed by atoms with E-state index in [0.717, 1.165) is 11.1 Å². The number of benzene rings is 1. The van der Waals surface area contributed by atoms with E-state index in [0.29, 0.717) is 24.5 Å². The van der Waals surface area contributed by atoms with Crippen molar-refractivity contribution in [1.29, 1.82) is 0 Å². The maximum Gasteiger partial charge on any atom is 0.278 e. The smallest absolute Gasteiger partial charge is 0.278 e. The molecule has 0 saturated carbocycles. The molecule has 1 aliphatic rings. The van der Waals surface area contributed by atoms with Gasteiger partial charge >= 0.3 is 0 Å². The summed E-state index contributed by atoms with van der Waals surface area (Å²) in [4.78, 5) is 31.3. The van der Waals surface area contributed by atoms with E-state index in [1.54, 1.807) is 23.4 Å². The average Bonchev–Trinajstić information content (AvgIpc) is 2.61. The van der Waals surface area contributed by atoms with Gasteiger partial charge in [0.25, 0.3) is 17.4 Å². The van der Waals surface area contributed by atoms with Crippen LogP contribution >= 0.6 is 0 Å². The molecule has 130 valence electrons. The number of likely N-dealkylation sites (N-methyl/N-ethyl adjacent to an activating group) is 1. The van der Waals surface area contributed by atoms with Gasteiger partial charge in [-0.2, -0.15) is 0 Å². The van der Waals surface area contributed by atoms with Gasteiger partial charge in [0.05, 0.1) is 5.69 Å². The number of rotatable bonds is 4. The van der Waals surface area contributed by atoms with E-state index < -0.39 is 11.5 Å². The van der Waals surface area contributed by atoms with Crippen LogP contribution in [-0.2, 0) is 16.1 Å². The second kappa shape index (κ2) is 6.55. The van der Waals surface area contributed by atoms with Crippen LogP contribution in [0.1, 0.15) is 25.0 Å². The molecule has 25 heavy (non-hydrogen) atoms. The molecule has 2 heterocycles. The third-order valence-electron chi connectivity index (χ3n) is 4.33. The van der Waals surface area contributed by atoms with Crippen molar-refractivity contribution in [3.05, 3.63) is 53.9 Å². The zero-order valence-electron chi connectivity index (χ0n) is 14.6. The zero-order valence-corrected chi connectivity index (χ0v) is 14.6. The number of pyridine rings is 1. The summed E-state index contributed by atoms with van der Waals surface area (Å²) < 4.78 is 5.85. The highest BCUT2D eigenvalue weighted by atomic mass is 16.5. The molecule has 0 bridgehead atoms. The maximum absolute atomic E-state index is 13.1. The van der Waals surface area contributed by atoms with Gasteiger partial charge in [-0.05, 0) is 56.2 Å². The Kier molecular flexibility index (Phi) is 4.44. The standard InChI is InChI=1S/C19H21N3O3/c1-4-22(12-14-7-9-20-10-8-14)18(24)19(3)17(23)21-15-11-13(2)5-6-16(15)25-19/h5-11H,4,12H2,1-3H3,(H,21,23). The zero-order chi connectivity index (χ0) is 18.0. The van der Waals surface area contributed by atoms with Crippen LogP contribution in [-0.4, -0.2) is 33.8 Å². The molecule has 6 heteroatoms. The van der Waals surface area contributed by atoms with Crippen LogP contribution in [0.4, 0.5) is 5.69 Å². The largest absolute Gasteiger partial charge is 0.466 e. The Morgan fingerprint density at radius 1 is 1.28 bits per heavy atom. The summed E-state index contributed by atoms with van der Waals surface area (Å²) in [6.07, 6.45) is 3.36. The molecule has 1 aromatic heterocycles. The minimum absolute atomic E-state index is 0.365. The molecule has 0 spiro atoms. The van der Waals surface area contributed by atoms with Crippen LogP contribution in [0.25, 0.3) is 0 Å². The topological polar surface area (TPSA) is 71.5 Å². The first kappa shape index (κ1) is 17.0. The van der Waals surface area contributed by atoms with Crippen molar-refractivity contribution in [3.8, 4) is 5.75 Å². The Labute approximate surface area is 146 Å². The van der Waals surface area contributed by atoms with Gasteiger partial charge < -0.3 is 15.0 Å². The first-order valence-corrected chi connectivity index (χ1v) is 8.23. The fraction of sp³-hybridized carbons (Fsp3) is 0.316. The molecular formula is C19H21N3O3. The summed E-state index contributed by atoms with van der Waals surface area (Å²) in [5, 5.41) is 2.79. The number of nitrogens with zero attached hydrogens (tertiary/aromatic N) is 2. The number of anilines is 1. The molecular weight excluding hydrogens is 318 g/mol. The summed E-state index contributed by atoms with van der Waals surface area (Å²) in [5.74, 6) is -0.319. The highest BCUT2D eigenvalue weighted by Crippen LogP contribution is 2.35. The van der Waals surface area contributed by atoms with Crippen LogP contribution in [0.2, 0.25) is 0 Å². The minimum Gasteiger partial charge on any atom is -0.466 e. The van der Waals surface area contributed by atoms with Gasteiger partial charge in [-0.25, -0.2) is 0 Å². The molecule has 6 nitrogen and oxygen atoms in total. The van der Waals surface area contributed by atoms with E-state index in [-0.39, 0.29) is 5.91 Å². The van der Waals surface area contributed by atoms with Gasteiger partial charge in [0.2, 0.25) is 0 Å². The first-order valence-electron chi connectivity index (χ1n) is 8.23. The second-order valence-electron chi connectivity index (χ2n) is 6.26. The number of hydrogen-bond donors (Lipinski definition) is 1. The van der Waals surface area contributed by atoms with E-state index in [1.807, 2.05) is 38.1 Å². The van der Waals surface area contributed by atoms with Crippen LogP contribution in [0.3, 0.4) is 0 Å². The molecule has 3 rings (SSSR count). The lowest BCUT2D eigenvalue weighted by Gasteiger charge is -2.36. The van der Waals surface area contributed by atoms with E-state index in [2.05, 4.69) is 10.3 Å². The van der Waals surface area contributed by atoms with Crippen molar-refractivity contribution >= 4 is 17.5 Å². The normalized spacial score (nSPS) is 18.8. The summed E-state index contributed by atoms with van der Waals surface area (Å²) in [6.45, 7) is 6.18. The first-order chi connectivity index (χ1) is 11.9. The van der Waals surface area contributed by atoms with E-state index in [9.17, 15) is 9.59 Å². The Bertz CT molecular complexity index is 807. The molecule has 2 amide bonds. The molecule has 1 atom stereocenters. The molecule has 0 radical (unpaired) electrons. The Balaban J connectivity index is 1.86. The van der Waals surface area contributed by atoms with E-state index >= 15 is 0 Å². The molecule has 1 N–H and O–H groups in total.